The minimum atomic E-state index is -0.884. The summed E-state index contributed by atoms with van der Waals surface area (Å²) >= 11 is 4.66. The van der Waals surface area contributed by atoms with Crippen LogP contribution in [0.15, 0.2) is 55.9 Å². The van der Waals surface area contributed by atoms with E-state index in [0.717, 1.165) is 4.47 Å². The average Bonchev–Trinajstić information content (AvgIpc) is 3.29. The molecule has 0 saturated heterocycles. The molecular weight excluding hydrogens is 644 g/mol. The molecule has 228 valence electrons. The predicted molar refractivity (Wildman–Crippen MR) is 163 cm³/mol. The largest absolute Gasteiger partial charge is 0.493 e. The number of rotatable bonds is 11. The van der Waals surface area contributed by atoms with Crippen LogP contribution in [0.25, 0.3) is 6.08 Å². The molecule has 0 bridgehead atoms. The van der Waals surface area contributed by atoms with Gasteiger partial charge in [-0.2, -0.15) is 0 Å². The van der Waals surface area contributed by atoms with Crippen molar-refractivity contribution in [2.75, 3.05) is 41.2 Å². The van der Waals surface area contributed by atoms with Crippen molar-refractivity contribution < 1.29 is 38.0 Å². The number of esters is 2. The number of thiazole rings is 1. The van der Waals surface area contributed by atoms with Gasteiger partial charge in [-0.3, -0.25) is 9.36 Å². The highest BCUT2D eigenvalue weighted by Gasteiger charge is 2.34. The fourth-order valence-electron chi connectivity index (χ4n) is 4.59. The summed E-state index contributed by atoms with van der Waals surface area (Å²) in [5, 5.41) is 0. The van der Waals surface area contributed by atoms with Gasteiger partial charge >= 0.3 is 11.9 Å². The molecule has 0 aliphatic carbocycles. The van der Waals surface area contributed by atoms with E-state index in [-0.39, 0.29) is 24.3 Å². The van der Waals surface area contributed by atoms with Crippen molar-refractivity contribution >= 4 is 45.3 Å². The van der Waals surface area contributed by atoms with Gasteiger partial charge in [-0.05, 0) is 56.7 Å². The van der Waals surface area contributed by atoms with Gasteiger partial charge < -0.3 is 28.4 Å². The number of methoxy groups -OCH3 is 3. The molecule has 2 aromatic carbocycles. The van der Waals surface area contributed by atoms with Crippen LogP contribution in [0.5, 0.6) is 23.0 Å². The number of fused-ring (bicyclic) bond motifs is 1. The van der Waals surface area contributed by atoms with E-state index in [9.17, 15) is 14.4 Å². The first-order valence-electron chi connectivity index (χ1n) is 13.2. The van der Waals surface area contributed by atoms with E-state index in [0.29, 0.717) is 55.8 Å². The van der Waals surface area contributed by atoms with Crippen LogP contribution in [0.2, 0.25) is 0 Å². The smallest absolute Gasteiger partial charge is 0.343 e. The first-order chi connectivity index (χ1) is 20.7. The van der Waals surface area contributed by atoms with Gasteiger partial charge in [-0.25, -0.2) is 14.6 Å². The maximum absolute atomic E-state index is 14.1. The van der Waals surface area contributed by atoms with Crippen LogP contribution in [0.1, 0.15) is 37.9 Å². The van der Waals surface area contributed by atoms with Crippen LogP contribution in [-0.2, 0) is 19.1 Å². The molecule has 1 aromatic heterocycles. The highest BCUT2D eigenvalue weighted by molar-refractivity contribution is 9.10. The van der Waals surface area contributed by atoms with Crippen molar-refractivity contribution in [2.24, 2.45) is 4.99 Å². The van der Waals surface area contributed by atoms with Gasteiger partial charge in [0.05, 0.1) is 56.4 Å². The number of hydrogen-bond donors (Lipinski definition) is 0. The highest BCUT2D eigenvalue weighted by atomic mass is 79.9. The van der Waals surface area contributed by atoms with E-state index in [1.807, 2.05) is 6.07 Å². The molecule has 3 aromatic rings. The SMILES string of the molecule is CCOC(=O)C1=C(C)N=c2s/c(=C/c3cc(Br)cc(OC)c3OC)c(=O)n2[C@H]1c1ccc(OCC(=O)OC)c(OCC)c1. The molecule has 0 spiro atoms. The zero-order chi connectivity index (χ0) is 31.3. The Labute approximate surface area is 260 Å². The summed E-state index contributed by atoms with van der Waals surface area (Å²) in [6, 6.07) is 7.70. The van der Waals surface area contributed by atoms with Crippen LogP contribution in [-0.4, -0.2) is 57.7 Å². The molecule has 0 N–H and O–H groups in total. The third-order valence-electron chi connectivity index (χ3n) is 6.43. The van der Waals surface area contributed by atoms with E-state index >= 15 is 0 Å². The Balaban J connectivity index is 1.94. The van der Waals surface area contributed by atoms with Crippen molar-refractivity contribution in [3.63, 3.8) is 0 Å². The molecule has 13 heteroatoms. The second-order valence-electron chi connectivity index (χ2n) is 9.04. The summed E-state index contributed by atoms with van der Waals surface area (Å²) < 4.78 is 35.1. The molecule has 0 radical (unpaired) electrons. The quantitative estimate of drug-likeness (QED) is 0.281. The summed E-state index contributed by atoms with van der Waals surface area (Å²) in [5.74, 6) is 0.437. The molecule has 0 fully saturated rings. The summed E-state index contributed by atoms with van der Waals surface area (Å²) in [7, 11) is 4.32. The molecule has 43 heavy (non-hydrogen) atoms. The predicted octanol–water partition coefficient (Wildman–Crippen LogP) is 3.53. The molecular formula is C30H31BrN2O9S. The van der Waals surface area contributed by atoms with Crippen molar-refractivity contribution in [3.8, 4) is 23.0 Å². The maximum atomic E-state index is 14.1. The van der Waals surface area contributed by atoms with Crippen LogP contribution in [0.3, 0.4) is 0 Å². The van der Waals surface area contributed by atoms with Gasteiger partial charge in [-0.15, -0.1) is 0 Å². The Bertz CT molecular complexity index is 1760. The minimum Gasteiger partial charge on any atom is -0.493 e. The van der Waals surface area contributed by atoms with Crippen LogP contribution >= 0.6 is 27.3 Å². The lowest BCUT2D eigenvalue weighted by Crippen LogP contribution is -2.40. The Morgan fingerprint density at radius 2 is 1.79 bits per heavy atom. The number of benzene rings is 2. The Kier molecular flexibility index (Phi) is 10.3. The number of halogens is 1. The maximum Gasteiger partial charge on any atom is 0.343 e. The van der Waals surface area contributed by atoms with E-state index in [2.05, 4.69) is 25.7 Å². The number of ether oxygens (including phenoxy) is 6. The second-order valence-corrected chi connectivity index (χ2v) is 11.0. The van der Waals surface area contributed by atoms with E-state index < -0.39 is 18.0 Å². The normalized spacial score (nSPS) is 14.5. The van der Waals surface area contributed by atoms with Gasteiger partial charge in [0.25, 0.3) is 5.56 Å². The lowest BCUT2D eigenvalue weighted by Gasteiger charge is -2.25. The van der Waals surface area contributed by atoms with Gasteiger partial charge in [0, 0.05) is 10.0 Å². The van der Waals surface area contributed by atoms with Gasteiger partial charge in [0.1, 0.15) is 0 Å². The zero-order valence-corrected chi connectivity index (χ0v) is 26.9. The number of carbonyl (C=O) groups excluding carboxylic acids is 2. The molecule has 0 amide bonds. The Hall–Kier alpha value is -4.10. The van der Waals surface area contributed by atoms with Crippen molar-refractivity contribution in [1.29, 1.82) is 0 Å². The van der Waals surface area contributed by atoms with Crippen LogP contribution < -0.4 is 33.8 Å². The summed E-state index contributed by atoms with van der Waals surface area (Å²) in [6.07, 6.45) is 1.70. The standard InChI is InChI=1S/C30H31BrN2O9S/c1-7-40-21-12-17(9-10-20(21)42-15-24(34)38-5)26-25(29(36)41-8-2)16(3)32-30-33(26)28(35)23(43-30)13-18-11-19(31)14-22(37-4)27(18)39-6/h9-14,26H,7-8,15H2,1-6H3/b23-13+/t26-/m0/s1. The van der Waals surface area contributed by atoms with Gasteiger partial charge in [0.15, 0.2) is 34.4 Å². The fraction of sp³-hybridized carbons (Fsp3) is 0.333. The summed E-state index contributed by atoms with van der Waals surface area (Å²) in [5.41, 5.74) is 1.44. The van der Waals surface area contributed by atoms with Crippen molar-refractivity contribution in [3.05, 3.63) is 76.9 Å². The third-order valence-corrected chi connectivity index (χ3v) is 7.87. The molecule has 2 heterocycles. The zero-order valence-electron chi connectivity index (χ0n) is 24.5. The number of allylic oxidation sites excluding steroid dienone is 1. The number of hydrogen-bond acceptors (Lipinski definition) is 11. The van der Waals surface area contributed by atoms with E-state index in [1.165, 1.54) is 37.2 Å². The number of carbonyl (C=O) groups is 2. The molecule has 0 saturated carbocycles. The Morgan fingerprint density at radius 3 is 2.44 bits per heavy atom. The third kappa shape index (κ3) is 6.62. The second kappa shape index (κ2) is 13.9. The van der Waals surface area contributed by atoms with Gasteiger partial charge in [0.2, 0.25) is 0 Å². The molecule has 4 rings (SSSR count). The lowest BCUT2D eigenvalue weighted by atomic mass is 9.95. The topological polar surface area (TPSA) is 124 Å². The monoisotopic (exact) mass is 674 g/mol. The molecule has 1 aliphatic rings. The van der Waals surface area contributed by atoms with E-state index in [4.69, 9.17) is 23.7 Å². The van der Waals surface area contributed by atoms with Crippen LogP contribution in [0.4, 0.5) is 0 Å². The fourth-order valence-corrected chi connectivity index (χ4v) is 6.08. The number of aromatic nitrogens is 1. The van der Waals surface area contributed by atoms with Gasteiger partial charge in [-0.1, -0.05) is 33.3 Å². The molecule has 11 nitrogen and oxygen atoms in total. The first kappa shape index (κ1) is 31.8. The Morgan fingerprint density at radius 1 is 1.02 bits per heavy atom. The number of nitrogens with zero attached hydrogens (tertiary/aromatic N) is 2. The summed E-state index contributed by atoms with van der Waals surface area (Å²) in [6.45, 7) is 5.34. The highest BCUT2D eigenvalue weighted by Crippen LogP contribution is 2.37. The van der Waals surface area contributed by atoms with E-state index in [1.54, 1.807) is 51.1 Å². The lowest BCUT2D eigenvalue weighted by molar-refractivity contribution is -0.143. The molecule has 0 unspecified atom stereocenters. The molecule has 1 aliphatic heterocycles. The van der Waals surface area contributed by atoms with Crippen LogP contribution in [0, 0.1) is 0 Å². The molecule has 1 atom stereocenters. The first-order valence-corrected chi connectivity index (χ1v) is 14.9. The minimum absolute atomic E-state index is 0.141. The van der Waals surface area contributed by atoms with Crippen molar-refractivity contribution in [1.82, 2.24) is 4.57 Å². The van der Waals surface area contributed by atoms with Crippen molar-refractivity contribution in [2.45, 2.75) is 26.8 Å². The summed E-state index contributed by atoms with van der Waals surface area (Å²) in [4.78, 5) is 44.1. The average molecular weight is 676 g/mol.